The lowest BCUT2D eigenvalue weighted by Crippen LogP contribution is -2.05. The van der Waals surface area contributed by atoms with Gasteiger partial charge in [0.05, 0.1) is 17.7 Å². The summed E-state index contributed by atoms with van der Waals surface area (Å²) in [6.45, 7) is 1.98. The van der Waals surface area contributed by atoms with Gasteiger partial charge in [0.2, 0.25) is 0 Å². The van der Waals surface area contributed by atoms with Gasteiger partial charge in [0.1, 0.15) is 5.82 Å². The molecule has 0 saturated heterocycles. The van der Waals surface area contributed by atoms with E-state index in [9.17, 15) is 22.4 Å². The molecule has 1 heterocycles. The van der Waals surface area contributed by atoms with Crippen molar-refractivity contribution in [3.05, 3.63) is 94.1 Å². The Kier molecular flexibility index (Phi) is 6.02. The second kappa shape index (κ2) is 8.74. The Morgan fingerprint density at radius 2 is 1.78 bits per heavy atom. The number of esters is 1. The molecule has 0 N–H and O–H groups in total. The van der Waals surface area contributed by atoms with E-state index in [-0.39, 0.29) is 13.0 Å². The van der Waals surface area contributed by atoms with Crippen LogP contribution in [0.2, 0.25) is 0 Å². The number of hydrogen-bond acceptors (Lipinski definition) is 3. The van der Waals surface area contributed by atoms with Crippen LogP contribution in [0, 0.1) is 5.82 Å². The maximum absolute atomic E-state index is 14.5. The van der Waals surface area contributed by atoms with Crippen LogP contribution in [0.1, 0.15) is 33.3 Å². The summed E-state index contributed by atoms with van der Waals surface area (Å²) in [6.07, 6.45) is -4.16. The lowest BCUT2D eigenvalue weighted by Gasteiger charge is -2.08. The number of benzene rings is 3. The van der Waals surface area contributed by atoms with E-state index in [0.717, 1.165) is 28.1 Å². The zero-order chi connectivity index (χ0) is 22.9. The van der Waals surface area contributed by atoms with Gasteiger partial charge in [-0.2, -0.15) is 13.2 Å². The highest BCUT2D eigenvalue weighted by molar-refractivity contribution is 7.19. The third kappa shape index (κ3) is 4.53. The highest BCUT2D eigenvalue weighted by Crippen LogP contribution is 2.38. The third-order valence-corrected chi connectivity index (χ3v) is 6.17. The van der Waals surface area contributed by atoms with E-state index in [1.807, 2.05) is 6.07 Å². The first-order valence-corrected chi connectivity index (χ1v) is 10.7. The molecule has 0 aliphatic carbocycles. The molecule has 0 radical (unpaired) electrons. The SMILES string of the molecule is CCOC(=O)c1cccc(-c2ccc(F)c3cc(Cc4cccc(C(F)(F)F)c4)sc23)c1. The molecule has 0 unspecified atom stereocenters. The Hall–Kier alpha value is -3.19. The summed E-state index contributed by atoms with van der Waals surface area (Å²) in [4.78, 5) is 12.8. The molecule has 7 heteroatoms. The number of alkyl halides is 3. The Morgan fingerprint density at radius 1 is 1.00 bits per heavy atom. The monoisotopic (exact) mass is 458 g/mol. The fourth-order valence-corrected chi connectivity index (χ4v) is 4.78. The number of rotatable bonds is 5. The topological polar surface area (TPSA) is 26.3 Å². The molecular weight excluding hydrogens is 440 g/mol. The number of carbonyl (C=O) groups is 1. The average Bonchev–Trinajstić information content (AvgIpc) is 3.18. The molecule has 4 rings (SSSR count). The van der Waals surface area contributed by atoms with Gasteiger partial charge in [-0.3, -0.25) is 0 Å². The Balaban J connectivity index is 1.73. The molecule has 1 aromatic heterocycles. The largest absolute Gasteiger partial charge is 0.462 e. The average molecular weight is 458 g/mol. The van der Waals surface area contributed by atoms with Gasteiger partial charge in [-0.25, -0.2) is 9.18 Å². The first-order chi connectivity index (χ1) is 15.3. The number of ether oxygens (including phenoxy) is 1. The van der Waals surface area contributed by atoms with Crippen LogP contribution in [0.25, 0.3) is 21.2 Å². The van der Waals surface area contributed by atoms with E-state index in [1.54, 1.807) is 43.3 Å². The molecule has 0 saturated carbocycles. The van der Waals surface area contributed by atoms with E-state index in [2.05, 4.69) is 0 Å². The summed E-state index contributed by atoms with van der Waals surface area (Å²) in [5.74, 6) is -0.846. The lowest BCUT2D eigenvalue weighted by atomic mass is 10.0. The van der Waals surface area contributed by atoms with Crippen molar-refractivity contribution in [3.8, 4) is 11.1 Å². The van der Waals surface area contributed by atoms with Gasteiger partial charge in [0.25, 0.3) is 0 Å². The molecule has 0 spiro atoms. The molecule has 3 aromatic carbocycles. The smallest absolute Gasteiger partial charge is 0.416 e. The minimum atomic E-state index is -4.42. The van der Waals surface area contributed by atoms with Gasteiger partial charge >= 0.3 is 12.1 Å². The van der Waals surface area contributed by atoms with Crippen LogP contribution in [-0.4, -0.2) is 12.6 Å². The van der Waals surface area contributed by atoms with Crippen molar-refractivity contribution in [2.45, 2.75) is 19.5 Å². The molecule has 0 aliphatic heterocycles. The maximum atomic E-state index is 14.5. The predicted octanol–water partition coefficient (Wildman–Crippen LogP) is 7.49. The van der Waals surface area contributed by atoms with Crippen LogP contribution < -0.4 is 0 Å². The minimum absolute atomic E-state index is 0.255. The normalized spacial score (nSPS) is 11.7. The molecule has 0 atom stereocenters. The first-order valence-electron chi connectivity index (χ1n) is 9.91. The van der Waals surface area contributed by atoms with E-state index in [4.69, 9.17) is 4.74 Å². The van der Waals surface area contributed by atoms with Gasteiger partial charge in [-0.1, -0.05) is 36.4 Å². The van der Waals surface area contributed by atoms with Crippen LogP contribution in [0.4, 0.5) is 17.6 Å². The molecule has 4 aromatic rings. The molecular formula is C25H18F4O2S. The molecule has 0 fully saturated rings. The van der Waals surface area contributed by atoms with E-state index >= 15 is 0 Å². The van der Waals surface area contributed by atoms with Crippen molar-refractivity contribution in [1.82, 2.24) is 0 Å². The minimum Gasteiger partial charge on any atom is -0.462 e. The summed E-state index contributed by atoms with van der Waals surface area (Å²) in [5.41, 5.74) is 1.65. The van der Waals surface area contributed by atoms with Crippen molar-refractivity contribution < 1.29 is 27.1 Å². The van der Waals surface area contributed by atoms with Gasteiger partial charge in [-0.15, -0.1) is 11.3 Å². The van der Waals surface area contributed by atoms with Crippen LogP contribution in [0.5, 0.6) is 0 Å². The Labute approximate surface area is 186 Å². The zero-order valence-electron chi connectivity index (χ0n) is 17.0. The van der Waals surface area contributed by atoms with Crippen molar-refractivity contribution in [3.63, 3.8) is 0 Å². The van der Waals surface area contributed by atoms with Crippen LogP contribution in [0.3, 0.4) is 0 Å². The van der Waals surface area contributed by atoms with Gasteiger partial charge in [0.15, 0.2) is 0 Å². The van der Waals surface area contributed by atoms with Crippen molar-refractivity contribution in [2.24, 2.45) is 0 Å². The van der Waals surface area contributed by atoms with E-state index in [0.29, 0.717) is 21.2 Å². The molecule has 0 amide bonds. The number of hydrogen-bond donors (Lipinski definition) is 0. The van der Waals surface area contributed by atoms with Crippen molar-refractivity contribution in [1.29, 1.82) is 0 Å². The van der Waals surface area contributed by atoms with Crippen LogP contribution >= 0.6 is 11.3 Å². The first kappa shape index (κ1) is 22.0. The lowest BCUT2D eigenvalue weighted by molar-refractivity contribution is -0.137. The molecule has 0 bridgehead atoms. The number of carbonyl (C=O) groups excluding carboxylic acids is 1. The fourth-order valence-electron chi connectivity index (χ4n) is 3.54. The summed E-state index contributed by atoms with van der Waals surface area (Å²) < 4.78 is 59.3. The van der Waals surface area contributed by atoms with Crippen molar-refractivity contribution >= 4 is 27.4 Å². The fraction of sp³-hybridized carbons (Fsp3) is 0.160. The van der Waals surface area contributed by atoms with Crippen LogP contribution in [0.15, 0.2) is 66.7 Å². The second-order valence-electron chi connectivity index (χ2n) is 7.23. The Morgan fingerprint density at radius 3 is 2.53 bits per heavy atom. The number of halogens is 4. The number of fused-ring (bicyclic) bond motifs is 1. The summed E-state index contributed by atoms with van der Waals surface area (Å²) >= 11 is 1.33. The molecule has 0 aliphatic rings. The Bertz CT molecular complexity index is 1290. The highest BCUT2D eigenvalue weighted by Gasteiger charge is 2.30. The molecule has 164 valence electrons. The zero-order valence-corrected chi connectivity index (χ0v) is 17.8. The van der Waals surface area contributed by atoms with Gasteiger partial charge in [0, 0.05) is 21.4 Å². The predicted molar refractivity (Wildman–Crippen MR) is 117 cm³/mol. The van der Waals surface area contributed by atoms with Crippen molar-refractivity contribution in [2.75, 3.05) is 6.61 Å². The van der Waals surface area contributed by atoms with E-state index in [1.165, 1.54) is 23.5 Å². The second-order valence-corrected chi connectivity index (χ2v) is 8.36. The molecule has 2 nitrogen and oxygen atoms in total. The third-order valence-electron chi connectivity index (χ3n) is 5.00. The van der Waals surface area contributed by atoms with Gasteiger partial charge < -0.3 is 4.74 Å². The standard InChI is InChI=1S/C25H18F4O2S/c1-2-31-24(30)17-7-4-6-16(13-17)20-9-10-22(26)21-14-19(32-23(20)21)12-15-5-3-8-18(11-15)25(27,28)29/h3-11,13-14H,2,12H2,1H3. The van der Waals surface area contributed by atoms with Crippen LogP contribution in [-0.2, 0) is 17.3 Å². The summed E-state index contributed by atoms with van der Waals surface area (Å²) in [7, 11) is 0. The molecule has 32 heavy (non-hydrogen) atoms. The van der Waals surface area contributed by atoms with Gasteiger partial charge in [-0.05, 0) is 53.9 Å². The maximum Gasteiger partial charge on any atom is 0.416 e. The summed E-state index contributed by atoms with van der Waals surface area (Å²) in [5, 5.41) is 0.399. The summed E-state index contributed by atoms with van der Waals surface area (Å²) in [6, 6.07) is 16.7. The highest BCUT2D eigenvalue weighted by atomic mass is 32.1. The quantitative estimate of drug-likeness (QED) is 0.229. The van der Waals surface area contributed by atoms with E-state index < -0.39 is 23.5 Å². The number of thiophene rings is 1.